The number of carbonyl (C=O) groups excluding carboxylic acids is 1. The maximum absolute atomic E-state index is 11.8. The van der Waals surface area contributed by atoms with Gasteiger partial charge in [-0.1, -0.05) is 0 Å². The SMILES string of the molecule is O=C(O)/C=C/c1ccnc(NC(=O)CCc2ccco2)c1. The average Bonchev–Trinajstić information content (AvgIpc) is 2.97. The first-order chi connectivity index (χ1) is 10.1. The van der Waals surface area contributed by atoms with E-state index in [1.54, 1.807) is 24.5 Å². The fourth-order valence-electron chi connectivity index (χ4n) is 1.68. The minimum absolute atomic E-state index is 0.182. The van der Waals surface area contributed by atoms with Crippen LogP contribution < -0.4 is 5.32 Å². The van der Waals surface area contributed by atoms with Gasteiger partial charge in [0, 0.05) is 25.1 Å². The molecule has 6 nitrogen and oxygen atoms in total. The lowest BCUT2D eigenvalue weighted by atomic mass is 10.2. The Morgan fingerprint density at radius 1 is 1.38 bits per heavy atom. The molecule has 1 amide bonds. The van der Waals surface area contributed by atoms with Gasteiger partial charge in [0.25, 0.3) is 0 Å². The molecule has 2 heterocycles. The number of aryl methyl sites for hydroxylation is 1. The standard InChI is InChI=1S/C15H14N2O4/c18-14(5-4-12-2-1-9-21-12)17-13-10-11(7-8-16-13)3-6-15(19)20/h1-3,6-10H,4-5H2,(H,19,20)(H,16,17,18)/b6-3+. The molecule has 0 saturated carbocycles. The van der Waals surface area contributed by atoms with Crippen molar-refractivity contribution < 1.29 is 19.1 Å². The van der Waals surface area contributed by atoms with Gasteiger partial charge in [-0.3, -0.25) is 4.79 Å². The van der Waals surface area contributed by atoms with Crippen molar-refractivity contribution in [1.29, 1.82) is 0 Å². The Hall–Kier alpha value is -2.89. The molecule has 2 aromatic rings. The Balaban J connectivity index is 1.91. The van der Waals surface area contributed by atoms with Crippen molar-refractivity contribution in [2.24, 2.45) is 0 Å². The van der Waals surface area contributed by atoms with Crippen LogP contribution in [0.4, 0.5) is 5.82 Å². The van der Waals surface area contributed by atoms with Crippen molar-refractivity contribution in [3.63, 3.8) is 0 Å². The highest BCUT2D eigenvalue weighted by molar-refractivity contribution is 5.90. The number of nitrogens with zero attached hydrogens (tertiary/aromatic N) is 1. The molecule has 0 aliphatic carbocycles. The number of anilines is 1. The van der Waals surface area contributed by atoms with Gasteiger partial charge in [-0.15, -0.1) is 0 Å². The molecule has 108 valence electrons. The van der Waals surface area contributed by atoms with Crippen molar-refractivity contribution in [3.05, 3.63) is 54.1 Å². The molecule has 0 fully saturated rings. The third-order valence-corrected chi connectivity index (χ3v) is 2.65. The molecule has 6 heteroatoms. The first-order valence-corrected chi connectivity index (χ1v) is 6.33. The Bertz CT molecular complexity index is 647. The zero-order chi connectivity index (χ0) is 15.1. The number of aromatic nitrogens is 1. The summed E-state index contributed by atoms with van der Waals surface area (Å²) in [5, 5.41) is 11.2. The van der Waals surface area contributed by atoms with Crippen LogP contribution in [0.1, 0.15) is 17.7 Å². The molecule has 0 aliphatic rings. The van der Waals surface area contributed by atoms with Crippen LogP contribution in [0.5, 0.6) is 0 Å². The number of furan rings is 1. The van der Waals surface area contributed by atoms with Crippen LogP contribution >= 0.6 is 0 Å². The highest BCUT2D eigenvalue weighted by Gasteiger charge is 2.05. The lowest BCUT2D eigenvalue weighted by Crippen LogP contribution is -2.13. The quantitative estimate of drug-likeness (QED) is 0.795. The molecule has 0 spiro atoms. The van der Waals surface area contributed by atoms with E-state index in [-0.39, 0.29) is 12.3 Å². The van der Waals surface area contributed by atoms with E-state index in [0.29, 0.717) is 17.8 Å². The highest BCUT2D eigenvalue weighted by Crippen LogP contribution is 2.10. The summed E-state index contributed by atoms with van der Waals surface area (Å²) in [5.74, 6) is -0.0858. The minimum atomic E-state index is -1.03. The topological polar surface area (TPSA) is 92.4 Å². The van der Waals surface area contributed by atoms with Gasteiger partial charge in [0.1, 0.15) is 11.6 Å². The molecular formula is C15H14N2O4. The molecule has 0 radical (unpaired) electrons. The maximum atomic E-state index is 11.8. The smallest absolute Gasteiger partial charge is 0.328 e. The number of nitrogens with one attached hydrogen (secondary N) is 1. The molecule has 0 unspecified atom stereocenters. The Labute approximate surface area is 121 Å². The number of carbonyl (C=O) groups is 2. The van der Waals surface area contributed by atoms with Gasteiger partial charge in [0.2, 0.25) is 5.91 Å². The van der Waals surface area contributed by atoms with Crippen LogP contribution in [0.25, 0.3) is 6.08 Å². The Morgan fingerprint density at radius 3 is 2.95 bits per heavy atom. The van der Waals surface area contributed by atoms with Gasteiger partial charge in [-0.05, 0) is 35.9 Å². The molecule has 2 aromatic heterocycles. The van der Waals surface area contributed by atoms with E-state index in [1.165, 1.54) is 12.3 Å². The van der Waals surface area contributed by atoms with Crippen molar-refractivity contribution >= 4 is 23.8 Å². The zero-order valence-electron chi connectivity index (χ0n) is 11.2. The van der Waals surface area contributed by atoms with Crippen LogP contribution in [-0.2, 0) is 16.0 Å². The van der Waals surface area contributed by atoms with Crippen molar-refractivity contribution in [3.8, 4) is 0 Å². The number of pyridine rings is 1. The maximum Gasteiger partial charge on any atom is 0.328 e. The summed E-state index contributed by atoms with van der Waals surface area (Å²) in [6.45, 7) is 0. The van der Waals surface area contributed by atoms with E-state index in [0.717, 1.165) is 11.8 Å². The molecule has 2 N–H and O–H groups in total. The van der Waals surface area contributed by atoms with Gasteiger partial charge in [-0.2, -0.15) is 0 Å². The second kappa shape index (κ2) is 7.04. The van der Waals surface area contributed by atoms with Crippen LogP contribution in [0, 0.1) is 0 Å². The lowest BCUT2D eigenvalue weighted by molar-refractivity contribution is -0.131. The second-order valence-corrected chi connectivity index (χ2v) is 4.27. The first-order valence-electron chi connectivity index (χ1n) is 6.33. The summed E-state index contributed by atoms with van der Waals surface area (Å²) in [7, 11) is 0. The van der Waals surface area contributed by atoms with E-state index >= 15 is 0 Å². The van der Waals surface area contributed by atoms with Gasteiger partial charge < -0.3 is 14.8 Å². The van der Waals surface area contributed by atoms with E-state index in [9.17, 15) is 9.59 Å². The number of hydrogen-bond acceptors (Lipinski definition) is 4. The third kappa shape index (κ3) is 4.94. The van der Waals surface area contributed by atoms with Crippen LogP contribution in [0.15, 0.2) is 47.2 Å². The summed E-state index contributed by atoms with van der Waals surface area (Å²) in [6, 6.07) is 6.83. The number of amides is 1. The highest BCUT2D eigenvalue weighted by atomic mass is 16.4. The molecule has 0 atom stereocenters. The molecule has 0 aromatic carbocycles. The average molecular weight is 286 g/mol. The number of rotatable bonds is 6. The van der Waals surface area contributed by atoms with Crippen molar-refractivity contribution in [2.75, 3.05) is 5.32 Å². The minimum Gasteiger partial charge on any atom is -0.478 e. The van der Waals surface area contributed by atoms with Gasteiger partial charge >= 0.3 is 5.97 Å². The fourth-order valence-corrected chi connectivity index (χ4v) is 1.68. The molecule has 0 bridgehead atoms. The summed E-state index contributed by atoms with van der Waals surface area (Å²) in [6.07, 6.45) is 6.32. The molecule has 0 aliphatic heterocycles. The largest absolute Gasteiger partial charge is 0.478 e. The number of carboxylic acids is 1. The van der Waals surface area contributed by atoms with Crippen molar-refractivity contribution in [2.45, 2.75) is 12.8 Å². The Morgan fingerprint density at radius 2 is 2.24 bits per heavy atom. The third-order valence-electron chi connectivity index (χ3n) is 2.65. The lowest BCUT2D eigenvalue weighted by Gasteiger charge is -2.04. The zero-order valence-corrected chi connectivity index (χ0v) is 11.2. The summed E-state index contributed by atoms with van der Waals surface area (Å²) >= 11 is 0. The van der Waals surface area contributed by atoms with Crippen molar-refractivity contribution in [1.82, 2.24) is 4.98 Å². The van der Waals surface area contributed by atoms with E-state index in [2.05, 4.69) is 10.3 Å². The van der Waals surface area contributed by atoms with Gasteiger partial charge in [0.05, 0.1) is 6.26 Å². The number of carboxylic acid groups (broad SMARTS) is 1. The summed E-state index contributed by atoms with van der Waals surface area (Å²) < 4.78 is 5.15. The number of aliphatic carboxylic acids is 1. The summed E-state index contributed by atoms with van der Waals surface area (Å²) in [4.78, 5) is 26.2. The van der Waals surface area contributed by atoms with Crippen LogP contribution in [0.3, 0.4) is 0 Å². The van der Waals surface area contributed by atoms with E-state index < -0.39 is 5.97 Å². The van der Waals surface area contributed by atoms with Crippen LogP contribution in [-0.4, -0.2) is 22.0 Å². The van der Waals surface area contributed by atoms with Gasteiger partial charge in [0.15, 0.2) is 0 Å². The predicted octanol–water partition coefficient (Wildman–Crippen LogP) is 2.34. The molecular weight excluding hydrogens is 272 g/mol. The monoisotopic (exact) mass is 286 g/mol. The van der Waals surface area contributed by atoms with Crippen LogP contribution in [0.2, 0.25) is 0 Å². The van der Waals surface area contributed by atoms with E-state index in [1.807, 2.05) is 6.07 Å². The first kappa shape index (κ1) is 14.5. The van der Waals surface area contributed by atoms with E-state index in [4.69, 9.17) is 9.52 Å². The normalized spacial score (nSPS) is 10.7. The Kier molecular flexibility index (Phi) is 4.87. The fraction of sp³-hybridized carbons (Fsp3) is 0.133. The predicted molar refractivity (Wildman–Crippen MR) is 76.6 cm³/mol. The van der Waals surface area contributed by atoms with Gasteiger partial charge in [-0.25, -0.2) is 9.78 Å². The molecule has 21 heavy (non-hydrogen) atoms. The summed E-state index contributed by atoms with van der Waals surface area (Å²) in [5.41, 5.74) is 0.647. The molecule has 0 saturated heterocycles. The number of hydrogen-bond donors (Lipinski definition) is 2. The molecule has 2 rings (SSSR count). The second-order valence-electron chi connectivity index (χ2n) is 4.27.